The highest BCUT2D eigenvalue weighted by Crippen LogP contribution is 2.40. The number of likely N-dealkylation sites (tertiary alicyclic amines) is 1. The SMILES string of the molecule is [C-]#[N+]COc1cc(S(=O)(=O)NC(C)=O)c(F)cc1NCC#Cc1sc2c(NC3CCN(CC(O)COC)CC3F)cccc2c1CC(F)(F)F. The normalized spacial score (nSPS) is 17.3. The molecule has 0 aliphatic carbocycles. The molecule has 0 bridgehead atoms. The lowest BCUT2D eigenvalue weighted by atomic mass is 10.0. The highest BCUT2D eigenvalue weighted by molar-refractivity contribution is 7.90. The molecule has 3 unspecified atom stereocenters. The molecule has 4 rings (SSSR count). The lowest BCUT2D eigenvalue weighted by Gasteiger charge is -2.36. The lowest BCUT2D eigenvalue weighted by molar-refractivity contribution is -0.127. The van der Waals surface area contributed by atoms with Gasteiger partial charge in [-0.15, -0.1) is 11.3 Å². The lowest BCUT2D eigenvalue weighted by Crippen LogP contribution is -2.50. The molecule has 1 amide bonds. The van der Waals surface area contributed by atoms with E-state index >= 15 is 4.39 Å². The van der Waals surface area contributed by atoms with Gasteiger partial charge in [-0.3, -0.25) is 14.5 Å². The Balaban J connectivity index is 1.58. The number of hydrogen-bond acceptors (Lipinski definition) is 10. The van der Waals surface area contributed by atoms with Crippen LogP contribution in [0.4, 0.5) is 33.3 Å². The minimum atomic E-state index is -4.59. The first kappa shape index (κ1) is 38.6. The monoisotopic (exact) mass is 743 g/mol. The Bertz CT molecular complexity index is 1900. The van der Waals surface area contributed by atoms with Gasteiger partial charge < -0.3 is 25.2 Å². The number of rotatable bonds is 13. The van der Waals surface area contributed by atoms with Gasteiger partial charge in [-0.05, 0) is 23.4 Å². The van der Waals surface area contributed by atoms with E-state index in [9.17, 15) is 35.9 Å². The molecule has 3 atom stereocenters. The summed E-state index contributed by atoms with van der Waals surface area (Å²) in [5.41, 5.74) is 0.293. The molecule has 2 heterocycles. The number of fused-ring (bicyclic) bond motifs is 1. The molecule has 0 saturated carbocycles. The van der Waals surface area contributed by atoms with E-state index in [1.807, 2.05) is 0 Å². The van der Waals surface area contributed by atoms with Gasteiger partial charge in [0, 0.05) is 45.8 Å². The Morgan fingerprint density at radius 3 is 2.70 bits per heavy atom. The summed E-state index contributed by atoms with van der Waals surface area (Å²) in [6.07, 6.45) is -7.53. The molecule has 1 aliphatic heterocycles. The Labute approximate surface area is 289 Å². The number of piperidine rings is 1. The van der Waals surface area contributed by atoms with Crippen LogP contribution in [0.5, 0.6) is 5.75 Å². The second-order valence-corrected chi connectivity index (χ2v) is 14.0. The van der Waals surface area contributed by atoms with Crippen LogP contribution in [0.3, 0.4) is 0 Å². The van der Waals surface area contributed by atoms with Crippen molar-refractivity contribution in [2.45, 2.75) is 49.2 Å². The first-order chi connectivity index (χ1) is 23.6. The zero-order valence-corrected chi connectivity index (χ0v) is 28.5. The number of aliphatic hydroxyl groups is 1. The number of methoxy groups -OCH3 is 1. The Morgan fingerprint density at radius 2 is 2.04 bits per heavy atom. The standard InChI is InChI=1S/C32H34F5N5O6S2/c1-19(43)41-50(45,46)30-13-28(48-18-38-2)27(12-23(30)33)39-10-5-8-29-22(14-32(35,36)37)21-6-4-7-26(31(21)49-29)40-25-9-11-42(16-24(25)34)15-20(44)17-47-3/h4,6-7,12-13,20,24-25,39-40,44H,9-11,14-18H2,1,3H3,(H,41,43). The molecule has 3 aromatic rings. The summed E-state index contributed by atoms with van der Waals surface area (Å²) in [7, 11) is -3.13. The molecule has 2 aromatic carbocycles. The topological polar surface area (TPSA) is 134 Å². The minimum Gasteiger partial charge on any atom is -0.424 e. The van der Waals surface area contributed by atoms with Gasteiger partial charge in [0.05, 0.1) is 52.7 Å². The number of sulfonamides is 1. The first-order valence-electron chi connectivity index (χ1n) is 15.1. The van der Waals surface area contributed by atoms with E-state index in [1.54, 1.807) is 21.8 Å². The number of nitrogens with zero attached hydrogens (tertiary/aromatic N) is 2. The summed E-state index contributed by atoms with van der Waals surface area (Å²) >= 11 is 1.01. The van der Waals surface area contributed by atoms with Crippen LogP contribution < -0.4 is 20.1 Å². The number of hydrogen-bond donors (Lipinski definition) is 4. The predicted molar refractivity (Wildman–Crippen MR) is 178 cm³/mol. The summed E-state index contributed by atoms with van der Waals surface area (Å²) in [4.78, 5) is 15.3. The summed E-state index contributed by atoms with van der Waals surface area (Å²) in [5.74, 6) is 3.00. The number of benzene rings is 2. The number of amides is 1. The van der Waals surface area contributed by atoms with Crippen LogP contribution in [0.15, 0.2) is 35.2 Å². The van der Waals surface area contributed by atoms with Gasteiger partial charge in [0.15, 0.2) is 5.75 Å². The average Bonchev–Trinajstić information content (AvgIpc) is 3.35. The largest absolute Gasteiger partial charge is 0.424 e. The van der Waals surface area contributed by atoms with Gasteiger partial charge in [-0.2, -0.15) is 13.2 Å². The fourth-order valence-electron chi connectivity index (χ4n) is 5.41. The quantitative estimate of drug-likeness (QED) is 0.113. The molecule has 1 aromatic heterocycles. The first-order valence-corrected chi connectivity index (χ1v) is 17.4. The molecule has 0 radical (unpaired) electrons. The third-order valence-electron chi connectivity index (χ3n) is 7.45. The molecule has 50 heavy (non-hydrogen) atoms. The number of β-amino-alcohol motifs (C(OH)–C–C–N with tert-alkyl or cyclic N) is 1. The summed E-state index contributed by atoms with van der Waals surface area (Å²) in [6.45, 7) is 8.00. The van der Waals surface area contributed by atoms with E-state index in [-0.39, 0.29) is 48.1 Å². The van der Waals surface area contributed by atoms with E-state index in [2.05, 4.69) is 27.3 Å². The number of anilines is 2. The molecule has 1 saturated heterocycles. The fourth-order valence-corrected chi connectivity index (χ4v) is 7.65. The van der Waals surface area contributed by atoms with Crippen LogP contribution in [0.1, 0.15) is 23.8 Å². The smallest absolute Gasteiger partial charge is 0.393 e. The fraction of sp³-hybridized carbons (Fsp3) is 0.438. The molecule has 18 heteroatoms. The van der Waals surface area contributed by atoms with Crippen LogP contribution in [0, 0.1) is 24.2 Å². The molecule has 0 spiro atoms. The molecule has 4 N–H and O–H groups in total. The van der Waals surface area contributed by atoms with Crippen molar-refractivity contribution in [2.24, 2.45) is 0 Å². The summed E-state index contributed by atoms with van der Waals surface area (Å²) in [5, 5.41) is 16.2. The van der Waals surface area contributed by atoms with Crippen LogP contribution in [-0.2, 0) is 26.0 Å². The number of halogens is 5. The van der Waals surface area contributed by atoms with Crippen molar-refractivity contribution in [2.75, 3.05) is 57.3 Å². The highest BCUT2D eigenvalue weighted by Gasteiger charge is 2.33. The zero-order chi connectivity index (χ0) is 36.6. The molecule has 270 valence electrons. The number of aliphatic hydroxyl groups excluding tert-OH is 1. The van der Waals surface area contributed by atoms with E-state index < -0.39 is 64.3 Å². The van der Waals surface area contributed by atoms with E-state index in [1.165, 1.54) is 13.2 Å². The highest BCUT2D eigenvalue weighted by atomic mass is 32.2. The maximum atomic E-state index is 15.2. The van der Waals surface area contributed by atoms with Gasteiger partial charge in [0.2, 0.25) is 5.91 Å². The predicted octanol–water partition coefficient (Wildman–Crippen LogP) is 4.52. The molecule has 1 fully saturated rings. The second kappa shape index (κ2) is 16.7. The van der Waals surface area contributed by atoms with E-state index in [0.717, 1.165) is 30.4 Å². The van der Waals surface area contributed by atoms with Crippen molar-refractivity contribution in [3.8, 4) is 17.6 Å². The minimum absolute atomic E-state index is 0.0598. The van der Waals surface area contributed by atoms with Crippen molar-refractivity contribution in [1.82, 2.24) is 9.62 Å². The van der Waals surface area contributed by atoms with Crippen molar-refractivity contribution in [3.63, 3.8) is 0 Å². The third-order valence-corrected chi connectivity index (χ3v) is 10.1. The van der Waals surface area contributed by atoms with Gasteiger partial charge in [-0.1, -0.05) is 24.0 Å². The molecule has 1 aliphatic rings. The number of ether oxygens (including phenoxy) is 2. The Kier molecular flexibility index (Phi) is 12.9. The summed E-state index contributed by atoms with van der Waals surface area (Å²) < 4.78 is 108. The zero-order valence-electron chi connectivity index (χ0n) is 26.9. The van der Waals surface area contributed by atoms with Crippen LogP contribution in [0.25, 0.3) is 14.9 Å². The second-order valence-electron chi connectivity index (χ2n) is 11.3. The molecular weight excluding hydrogens is 710 g/mol. The average molecular weight is 744 g/mol. The van der Waals surface area contributed by atoms with E-state index in [4.69, 9.17) is 16.0 Å². The number of carbonyl (C=O) groups is 1. The van der Waals surface area contributed by atoms with Gasteiger partial charge in [0.1, 0.15) is 16.9 Å². The van der Waals surface area contributed by atoms with Crippen LogP contribution >= 0.6 is 11.3 Å². The van der Waals surface area contributed by atoms with Crippen molar-refractivity contribution >= 4 is 48.7 Å². The van der Waals surface area contributed by atoms with Crippen LogP contribution in [-0.4, -0.2) is 95.5 Å². The maximum Gasteiger partial charge on any atom is 0.393 e. The molecule has 11 nitrogen and oxygen atoms in total. The number of alkyl halides is 4. The van der Waals surface area contributed by atoms with Crippen LogP contribution in [0.2, 0.25) is 0 Å². The van der Waals surface area contributed by atoms with Crippen molar-refractivity contribution < 1.29 is 49.7 Å². The van der Waals surface area contributed by atoms with Gasteiger partial charge >= 0.3 is 12.9 Å². The Morgan fingerprint density at radius 1 is 1.28 bits per heavy atom. The van der Waals surface area contributed by atoms with Gasteiger partial charge in [-0.25, -0.2) is 28.5 Å². The van der Waals surface area contributed by atoms with Crippen molar-refractivity contribution in [3.05, 3.63) is 58.0 Å². The van der Waals surface area contributed by atoms with Gasteiger partial charge in [0.25, 0.3) is 10.0 Å². The summed E-state index contributed by atoms with van der Waals surface area (Å²) in [6, 6.07) is 5.71. The maximum absolute atomic E-state index is 15.2. The third kappa shape index (κ3) is 10.2. The number of nitrogens with one attached hydrogen (secondary N) is 3. The molecular formula is C32H34F5N5O6S2. The number of thiophene rings is 1. The van der Waals surface area contributed by atoms with Crippen molar-refractivity contribution in [1.29, 1.82) is 0 Å². The Hall–Kier alpha value is -4.20. The van der Waals surface area contributed by atoms with E-state index in [0.29, 0.717) is 28.7 Å². The number of carbonyl (C=O) groups excluding carboxylic acids is 1.